The first kappa shape index (κ1) is 14.3. The van der Waals surface area contributed by atoms with E-state index in [4.69, 9.17) is 5.11 Å². The van der Waals surface area contributed by atoms with E-state index >= 15 is 0 Å². The number of aliphatic hydroxyl groups is 1. The molecule has 0 spiro atoms. The SMILES string of the molecule is O=c1ccnc(SCc2ccc(F)cc2C#CCO)[nH]1. The second kappa shape index (κ2) is 6.89. The summed E-state index contributed by atoms with van der Waals surface area (Å²) >= 11 is 1.32. The fourth-order valence-corrected chi connectivity index (χ4v) is 2.35. The Morgan fingerprint density at radius 2 is 2.25 bits per heavy atom. The second-order valence-corrected chi connectivity index (χ2v) is 4.75. The van der Waals surface area contributed by atoms with Crippen molar-refractivity contribution in [1.82, 2.24) is 9.97 Å². The number of aromatic amines is 1. The van der Waals surface area contributed by atoms with E-state index in [1.54, 1.807) is 6.07 Å². The van der Waals surface area contributed by atoms with Gasteiger partial charge in [-0.2, -0.15) is 0 Å². The number of aliphatic hydroxyl groups excluding tert-OH is 1. The topological polar surface area (TPSA) is 66.0 Å². The lowest BCUT2D eigenvalue weighted by Crippen LogP contribution is -2.05. The molecule has 0 atom stereocenters. The smallest absolute Gasteiger partial charge is 0.251 e. The summed E-state index contributed by atoms with van der Waals surface area (Å²) in [6.07, 6.45) is 1.43. The first-order chi connectivity index (χ1) is 9.69. The van der Waals surface area contributed by atoms with Crippen molar-refractivity contribution in [3.8, 4) is 11.8 Å². The summed E-state index contributed by atoms with van der Waals surface area (Å²) in [6.45, 7) is -0.281. The Hall–Kier alpha value is -2.10. The monoisotopic (exact) mass is 290 g/mol. The Bertz CT molecular complexity index is 719. The number of H-pyrrole nitrogens is 1. The fourth-order valence-electron chi connectivity index (χ4n) is 1.50. The molecule has 102 valence electrons. The third-order valence-electron chi connectivity index (χ3n) is 2.39. The Morgan fingerprint density at radius 3 is 3.00 bits per heavy atom. The quantitative estimate of drug-likeness (QED) is 0.511. The number of halogens is 1. The van der Waals surface area contributed by atoms with Crippen LogP contribution in [0, 0.1) is 17.7 Å². The maximum atomic E-state index is 13.2. The van der Waals surface area contributed by atoms with E-state index in [1.165, 1.54) is 36.2 Å². The van der Waals surface area contributed by atoms with Gasteiger partial charge in [0.25, 0.3) is 5.56 Å². The lowest BCUT2D eigenvalue weighted by atomic mass is 10.1. The van der Waals surface area contributed by atoms with E-state index in [0.717, 1.165) is 5.56 Å². The molecule has 0 saturated carbocycles. The van der Waals surface area contributed by atoms with Gasteiger partial charge in [-0.3, -0.25) is 4.79 Å². The van der Waals surface area contributed by atoms with Gasteiger partial charge in [0.1, 0.15) is 12.4 Å². The van der Waals surface area contributed by atoms with Crippen molar-refractivity contribution < 1.29 is 9.50 Å². The van der Waals surface area contributed by atoms with Gasteiger partial charge >= 0.3 is 0 Å². The normalized spacial score (nSPS) is 9.90. The molecule has 4 nitrogen and oxygen atoms in total. The van der Waals surface area contributed by atoms with E-state index in [2.05, 4.69) is 21.8 Å². The number of benzene rings is 1. The second-order valence-electron chi connectivity index (χ2n) is 3.79. The van der Waals surface area contributed by atoms with Gasteiger partial charge in [-0.15, -0.1) is 0 Å². The molecule has 0 aliphatic heterocycles. The first-order valence-electron chi connectivity index (χ1n) is 5.75. The molecule has 6 heteroatoms. The third-order valence-corrected chi connectivity index (χ3v) is 3.32. The predicted molar refractivity (Wildman–Crippen MR) is 74.8 cm³/mol. The average Bonchev–Trinajstić information content (AvgIpc) is 2.44. The summed E-state index contributed by atoms with van der Waals surface area (Å²) in [5.41, 5.74) is 1.11. The number of aromatic nitrogens is 2. The van der Waals surface area contributed by atoms with Gasteiger partial charge in [0.05, 0.1) is 0 Å². The highest BCUT2D eigenvalue weighted by Gasteiger charge is 2.04. The molecular weight excluding hydrogens is 279 g/mol. The lowest BCUT2D eigenvalue weighted by Gasteiger charge is -2.04. The summed E-state index contributed by atoms with van der Waals surface area (Å²) < 4.78 is 13.2. The predicted octanol–water partition coefficient (Wildman–Crippen LogP) is 1.55. The van der Waals surface area contributed by atoms with Gasteiger partial charge in [-0.1, -0.05) is 29.7 Å². The van der Waals surface area contributed by atoms with Crippen LogP contribution in [0.25, 0.3) is 0 Å². The number of nitrogens with one attached hydrogen (secondary N) is 1. The summed E-state index contributed by atoms with van der Waals surface area (Å²) in [5, 5.41) is 9.19. The minimum Gasteiger partial charge on any atom is -0.384 e. The maximum absolute atomic E-state index is 13.2. The molecule has 0 radical (unpaired) electrons. The van der Waals surface area contributed by atoms with Gasteiger partial charge in [0.2, 0.25) is 0 Å². The summed E-state index contributed by atoms with van der Waals surface area (Å²) in [6, 6.07) is 5.63. The average molecular weight is 290 g/mol. The molecule has 0 aliphatic carbocycles. The zero-order valence-corrected chi connectivity index (χ0v) is 11.2. The largest absolute Gasteiger partial charge is 0.384 e. The molecule has 0 bridgehead atoms. The van der Waals surface area contributed by atoms with Crippen molar-refractivity contribution in [2.45, 2.75) is 10.9 Å². The number of rotatable bonds is 3. The van der Waals surface area contributed by atoms with E-state index in [9.17, 15) is 9.18 Å². The summed E-state index contributed by atoms with van der Waals surface area (Å²) in [5.74, 6) is 5.31. The molecule has 0 fully saturated rings. The molecule has 1 aromatic heterocycles. The molecule has 1 aromatic carbocycles. The molecule has 0 saturated heterocycles. The van der Waals surface area contributed by atoms with Gasteiger partial charge in [0.15, 0.2) is 5.16 Å². The fraction of sp³-hybridized carbons (Fsp3) is 0.143. The van der Waals surface area contributed by atoms with Crippen molar-refractivity contribution in [3.63, 3.8) is 0 Å². The Labute approximate surface area is 119 Å². The van der Waals surface area contributed by atoms with Crippen molar-refractivity contribution >= 4 is 11.8 Å². The van der Waals surface area contributed by atoms with Crippen LogP contribution in [-0.4, -0.2) is 21.7 Å². The van der Waals surface area contributed by atoms with Gasteiger partial charge in [-0.05, 0) is 17.7 Å². The number of hydrogen-bond donors (Lipinski definition) is 2. The number of hydrogen-bond acceptors (Lipinski definition) is 4. The standard InChI is InChI=1S/C14H11FN2O2S/c15-12-4-3-11(10(8-12)2-1-7-18)9-20-14-16-6-5-13(19)17-14/h3-6,8,18H,7,9H2,(H,16,17,19). The summed E-state index contributed by atoms with van der Waals surface area (Å²) in [4.78, 5) is 17.8. The van der Waals surface area contributed by atoms with Gasteiger partial charge in [-0.25, -0.2) is 9.37 Å². The minimum atomic E-state index is -0.382. The van der Waals surface area contributed by atoms with Crippen LogP contribution in [0.1, 0.15) is 11.1 Å². The highest BCUT2D eigenvalue weighted by Crippen LogP contribution is 2.21. The summed E-state index contributed by atoms with van der Waals surface area (Å²) in [7, 11) is 0. The Balaban J connectivity index is 2.18. The van der Waals surface area contributed by atoms with Crippen molar-refractivity contribution in [2.24, 2.45) is 0 Å². The van der Waals surface area contributed by atoms with E-state index in [0.29, 0.717) is 16.5 Å². The van der Waals surface area contributed by atoms with E-state index in [1.807, 2.05) is 0 Å². The molecule has 1 heterocycles. The van der Waals surface area contributed by atoms with Crippen LogP contribution in [0.15, 0.2) is 40.4 Å². The molecule has 0 aliphatic rings. The van der Waals surface area contributed by atoms with Crippen molar-refractivity contribution in [1.29, 1.82) is 0 Å². The van der Waals surface area contributed by atoms with Crippen LogP contribution in [-0.2, 0) is 5.75 Å². The minimum absolute atomic E-state index is 0.220. The molecule has 2 aromatic rings. The van der Waals surface area contributed by atoms with Crippen LogP contribution >= 0.6 is 11.8 Å². The molecule has 2 rings (SSSR count). The van der Waals surface area contributed by atoms with Crippen molar-refractivity contribution in [3.05, 3.63) is 57.8 Å². The Morgan fingerprint density at radius 1 is 1.40 bits per heavy atom. The van der Waals surface area contributed by atoms with Gasteiger partial charge in [0, 0.05) is 23.6 Å². The zero-order chi connectivity index (χ0) is 14.4. The van der Waals surface area contributed by atoms with Crippen LogP contribution in [0.2, 0.25) is 0 Å². The molecular formula is C14H11FN2O2S. The number of thioether (sulfide) groups is 1. The molecule has 0 amide bonds. The zero-order valence-electron chi connectivity index (χ0n) is 10.4. The highest BCUT2D eigenvalue weighted by atomic mass is 32.2. The molecule has 0 unspecified atom stereocenters. The van der Waals surface area contributed by atoms with Crippen LogP contribution < -0.4 is 5.56 Å². The number of nitrogens with zero attached hydrogens (tertiary/aromatic N) is 1. The van der Waals surface area contributed by atoms with E-state index < -0.39 is 0 Å². The highest BCUT2D eigenvalue weighted by molar-refractivity contribution is 7.98. The lowest BCUT2D eigenvalue weighted by molar-refractivity contribution is 0.350. The van der Waals surface area contributed by atoms with Crippen LogP contribution in [0.4, 0.5) is 4.39 Å². The van der Waals surface area contributed by atoms with Crippen molar-refractivity contribution in [2.75, 3.05) is 6.61 Å². The van der Waals surface area contributed by atoms with Crippen LogP contribution in [0.5, 0.6) is 0 Å². The van der Waals surface area contributed by atoms with Gasteiger partial charge < -0.3 is 10.1 Å². The van der Waals surface area contributed by atoms with E-state index in [-0.39, 0.29) is 18.0 Å². The third kappa shape index (κ3) is 3.95. The molecule has 20 heavy (non-hydrogen) atoms. The molecule has 2 N–H and O–H groups in total. The van der Waals surface area contributed by atoms with Crippen LogP contribution in [0.3, 0.4) is 0 Å². The first-order valence-corrected chi connectivity index (χ1v) is 6.74. The Kier molecular flexibility index (Phi) is 4.93. The maximum Gasteiger partial charge on any atom is 0.251 e.